The van der Waals surface area contributed by atoms with Crippen LogP contribution in [0.1, 0.15) is 49.3 Å². The number of esters is 2. The predicted molar refractivity (Wildman–Crippen MR) is 216 cm³/mol. The van der Waals surface area contributed by atoms with Gasteiger partial charge in [-0.05, 0) is 53.9 Å². The van der Waals surface area contributed by atoms with Gasteiger partial charge in [0.25, 0.3) is 5.56 Å². The number of nitrogens with zero attached hydrogens (tertiary/aromatic N) is 2. The Kier molecular flexibility index (Phi) is 13.0. The van der Waals surface area contributed by atoms with Crippen molar-refractivity contribution in [1.29, 1.82) is 0 Å². The molecule has 0 unspecified atom stereocenters. The summed E-state index contributed by atoms with van der Waals surface area (Å²) in [5, 5.41) is 12.6. The third-order valence-corrected chi connectivity index (χ3v) is 15.9. The Bertz CT molecular complexity index is 2150. The lowest BCUT2D eigenvalue weighted by Crippen LogP contribution is -2.61. The van der Waals surface area contributed by atoms with Crippen LogP contribution < -0.4 is 16.0 Å². The maximum absolute atomic E-state index is 14.1. The van der Waals surface area contributed by atoms with Gasteiger partial charge in [0.2, 0.25) is 6.54 Å². The molecule has 58 heavy (non-hydrogen) atoms. The first-order chi connectivity index (χ1) is 27.4. The fourth-order valence-corrected chi connectivity index (χ4v) is 8.73. The van der Waals surface area contributed by atoms with E-state index < -0.39 is 90.0 Å². The van der Waals surface area contributed by atoms with Crippen molar-refractivity contribution in [1.82, 2.24) is 9.55 Å². The number of ether oxygens (including phenoxy) is 5. The van der Waals surface area contributed by atoms with Crippen molar-refractivity contribution in [3.63, 3.8) is 0 Å². The second kappa shape index (κ2) is 17.2. The molecule has 15 nitrogen and oxygen atoms in total. The first-order valence-electron chi connectivity index (χ1n) is 18.7. The van der Waals surface area contributed by atoms with E-state index >= 15 is 0 Å². The lowest BCUT2D eigenvalue weighted by molar-refractivity contribution is -0.503. The molecule has 0 amide bonds. The number of hydrogen-bond acceptors (Lipinski definition) is 12. The monoisotopic (exact) mass is 817 g/mol. The zero-order chi connectivity index (χ0) is 42.6. The molecule has 1 N–H and O–H groups in total. The Hall–Kier alpha value is -5.42. The van der Waals surface area contributed by atoms with E-state index in [1.165, 1.54) is 13.1 Å². The molecule has 4 aromatic rings. The van der Waals surface area contributed by atoms with Gasteiger partial charge in [-0.25, -0.2) is 4.79 Å². The van der Waals surface area contributed by atoms with Crippen LogP contribution in [0.25, 0.3) is 0 Å². The Morgan fingerprint density at radius 1 is 0.897 bits per heavy atom. The van der Waals surface area contributed by atoms with Gasteiger partial charge in [-0.3, -0.25) is 34.0 Å². The molecule has 16 heteroatoms. The first-order valence-corrected chi connectivity index (χ1v) is 21.6. The average Bonchev–Trinajstić information content (AvgIpc) is 3.47. The standard InChI is InChI=1S/C42H51N3O12Si/c1-27-24-44(39(49)43-35(27)46)36-34(57-58(8,9)40(2,3)4)41(26-45(50)51,33(37(47)53-6)38(48)54-7)32(56-36)25-55-42(28-16-12-10-13-17-28,29-18-14-11-15-19-29)30-20-22-31(52-5)23-21-30/h10-24,32-34,36H,25-26H2,1-9H3,(H,43,46,49)/t32-,34+,36-,41+/m1/s1. The Balaban J connectivity index is 1.87. The van der Waals surface area contributed by atoms with Crippen LogP contribution >= 0.6 is 0 Å². The number of aryl methyl sites for hydroxylation is 1. The summed E-state index contributed by atoms with van der Waals surface area (Å²) < 4.78 is 38.0. The Morgan fingerprint density at radius 3 is 1.88 bits per heavy atom. The number of nitrogens with one attached hydrogen (secondary N) is 1. The molecule has 310 valence electrons. The first kappa shape index (κ1) is 43.7. The molecule has 1 aliphatic rings. The predicted octanol–water partition coefficient (Wildman–Crippen LogP) is 5.38. The summed E-state index contributed by atoms with van der Waals surface area (Å²) in [6.07, 6.45) is -3.40. The number of carbonyl (C=O) groups is 2. The number of benzene rings is 3. The third kappa shape index (κ3) is 8.14. The molecule has 1 saturated heterocycles. The minimum absolute atomic E-state index is 0.123. The molecule has 1 fully saturated rings. The SMILES string of the molecule is COC(=O)C(C(=O)OC)[C@]1(C[N+](=O)[O-])[C@@H](COC(c2ccccc2)(c2ccccc2)c2ccc(OC)cc2)O[C@@H](n2cc(C)c(=O)[nH]c2=O)[C@@H]1O[Si](C)(C)C(C)(C)C. The highest BCUT2D eigenvalue weighted by Gasteiger charge is 2.70. The minimum Gasteiger partial charge on any atom is -0.497 e. The molecule has 0 saturated carbocycles. The van der Waals surface area contributed by atoms with Crippen LogP contribution in [0.3, 0.4) is 0 Å². The van der Waals surface area contributed by atoms with E-state index in [4.69, 9.17) is 28.1 Å². The average molecular weight is 818 g/mol. The molecular formula is C42H51N3O12Si. The second-order valence-electron chi connectivity index (χ2n) is 15.8. The molecule has 5 rings (SSSR count). The van der Waals surface area contributed by atoms with E-state index in [-0.39, 0.29) is 5.56 Å². The van der Waals surface area contributed by atoms with Gasteiger partial charge in [0.05, 0.1) is 34.0 Å². The Morgan fingerprint density at radius 2 is 1.41 bits per heavy atom. The molecule has 0 aliphatic carbocycles. The number of aromatic amines is 1. The summed E-state index contributed by atoms with van der Waals surface area (Å²) in [5.74, 6) is -3.74. The molecule has 4 atom stereocenters. The van der Waals surface area contributed by atoms with Gasteiger partial charge < -0.3 is 28.1 Å². The van der Waals surface area contributed by atoms with E-state index in [1.807, 2.05) is 107 Å². The van der Waals surface area contributed by atoms with Gasteiger partial charge in [0, 0.05) is 16.7 Å². The lowest BCUT2D eigenvalue weighted by atomic mass is 9.67. The minimum atomic E-state index is -3.07. The van der Waals surface area contributed by atoms with Gasteiger partial charge >= 0.3 is 17.6 Å². The number of methoxy groups -OCH3 is 3. The van der Waals surface area contributed by atoms with Crippen molar-refractivity contribution in [3.05, 3.63) is 144 Å². The third-order valence-electron chi connectivity index (χ3n) is 11.5. The summed E-state index contributed by atoms with van der Waals surface area (Å²) in [4.78, 5) is 69.2. The summed E-state index contributed by atoms with van der Waals surface area (Å²) in [7, 11) is 0.586. The molecular weight excluding hydrogens is 767 g/mol. The van der Waals surface area contributed by atoms with E-state index in [9.17, 15) is 29.3 Å². The fraction of sp³-hybridized carbons (Fsp3) is 0.429. The summed E-state index contributed by atoms with van der Waals surface area (Å²) in [5.41, 5.74) is -3.17. The molecule has 0 spiro atoms. The topological polar surface area (TPSA) is 188 Å². The van der Waals surface area contributed by atoms with Crippen molar-refractivity contribution in [2.45, 2.75) is 69.9 Å². The van der Waals surface area contributed by atoms with Gasteiger partial charge in [0.1, 0.15) is 22.9 Å². The second-order valence-corrected chi connectivity index (χ2v) is 20.6. The zero-order valence-electron chi connectivity index (χ0n) is 34.2. The normalized spacial score (nSPS) is 19.8. The van der Waals surface area contributed by atoms with Gasteiger partial charge in [-0.2, -0.15) is 0 Å². The number of H-pyrrole nitrogens is 1. The van der Waals surface area contributed by atoms with Crippen LogP contribution in [0.2, 0.25) is 18.1 Å². The van der Waals surface area contributed by atoms with E-state index in [0.29, 0.717) is 22.4 Å². The summed E-state index contributed by atoms with van der Waals surface area (Å²) in [6, 6.07) is 25.8. The zero-order valence-corrected chi connectivity index (χ0v) is 35.2. The van der Waals surface area contributed by atoms with Crippen LogP contribution in [0.4, 0.5) is 0 Å². The fourth-order valence-electron chi connectivity index (χ4n) is 7.41. The highest BCUT2D eigenvalue weighted by molar-refractivity contribution is 6.74. The summed E-state index contributed by atoms with van der Waals surface area (Å²) >= 11 is 0. The van der Waals surface area contributed by atoms with Crippen LogP contribution in [-0.4, -0.2) is 81.4 Å². The van der Waals surface area contributed by atoms with E-state index in [1.54, 1.807) is 19.2 Å². The quantitative estimate of drug-likeness (QED) is 0.0404. The van der Waals surface area contributed by atoms with Crippen molar-refractivity contribution < 1.29 is 42.6 Å². The van der Waals surface area contributed by atoms with Gasteiger partial charge in [-0.1, -0.05) is 93.6 Å². The number of nitro groups is 1. The molecule has 0 radical (unpaired) electrons. The molecule has 0 bridgehead atoms. The lowest BCUT2D eigenvalue weighted by Gasteiger charge is -2.45. The summed E-state index contributed by atoms with van der Waals surface area (Å²) in [6.45, 7) is 9.47. The molecule has 1 aliphatic heterocycles. The number of aromatic nitrogens is 2. The van der Waals surface area contributed by atoms with Crippen LogP contribution in [0, 0.1) is 28.4 Å². The van der Waals surface area contributed by atoms with Crippen molar-refractivity contribution >= 4 is 20.3 Å². The number of hydrogen-bond donors (Lipinski definition) is 1. The van der Waals surface area contributed by atoms with Crippen molar-refractivity contribution in [3.8, 4) is 5.75 Å². The van der Waals surface area contributed by atoms with Crippen LogP contribution in [-0.2, 0) is 38.6 Å². The van der Waals surface area contributed by atoms with Gasteiger partial charge in [0.15, 0.2) is 20.5 Å². The maximum Gasteiger partial charge on any atom is 0.330 e. The maximum atomic E-state index is 14.1. The molecule has 1 aromatic heterocycles. The highest BCUT2D eigenvalue weighted by atomic mass is 28.4. The van der Waals surface area contributed by atoms with Crippen molar-refractivity contribution in [2.24, 2.45) is 11.3 Å². The van der Waals surface area contributed by atoms with Crippen molar-refractivity contribution in [2.75, 3.05) is 34.5 Å². The largest absolute Gasteiger partial charge is 0.497 e. The molecule has 2 heterocycles. The number of rotatable bonds is 15. The number of carbonyl (C=O) groups excluding carboxylic acids is 2. The van der Waals surface area contributed by atoms with Crippen LogP contribution in [0.15, 0.2) is 101 Å². The van der Waals surface area contributed by atoms with E-state index in [2.05, 4.69) is 4.98 Å². The van der Waals surface area contributed by atoms with Gasteiger partial charge in [-0.15, -0.1) is 0 Å². The van der Waals surface area contributed by atoms with E-state index in [0.717, 1.165) is 18.8 Å². The smallest absolute Gasteiger partial charge is 0.330 e. The molecule has 3 aromatic carbocycles. The van der Waals surface area contributed by atoms with Crippen LogP contribution in [0.5, 0.6) is 5.75 Å². The Labute approximate surface area is 337 Å². The highest BCUT2D eigenvalue weighted by Crippen LogP contribution is 2.55.